The van der Waals surface area contributed by atoms with Gasteiger partial charge in [0.05, 0.1) is 0 Å². The fourth-order valence-corrected chi connectivity index (χ4v) is 1.97. The van der Waals surface area contributed by atoms with Crippen molar-refractivity contribution < 1.29 is 8.60 Å². The van der Waals surface area contributed by atoms with Crippen LogP contribution in [0.1, 0.15) is 12.5 Å². The zero-order valence-corrected chi connectivity index (χ0v) is 11.7. The van der Waals surface area contributed by atoms with Crippen LogP contribution in [0.25, 0.3) is 0 Å². The fourth-order valence-electron chi connectivity index (χ4n) is 1.21. The first-order chi connectivity index (χ1) is 7.50. The molecule has 2 unspecified atom stereocenters. The Labute approximate surface area is 106 Å². The summed E-state index contributed by atoms with van der Waals surface area (Å²) in [6.45, 7) is 2.97. The van der Waals surface area contributed by atoms with Gasteiger partial charge in [-0.15, -0.1) is 0 Å². The van der Waals surface area contributed by atoms with Gasteiger partial charge in [-0.05, 0) is 25.1 Å². The van der Waals surface area contributed by atoms with E-state index in [0.717, 1.165) is 4.47 Å². The van der Waals surface area contributed by atoms with E-state index < -0.39 is 10.8 Å². The number of benzene rings is 1. The summed E-state index contributed by atoms with van der Waals surface area (Å²) >= 11 is 3.30. The Bertz CT molecular complexity index is 386. The highest BCUT2D eigenvalue weighted by molar-refractivity contribution is 9.10. The summed E-state index contributed by atoms with van der Waals surface area (Å²) in [5.74, 6) is -0.221. The van der Waals surface area contributed by atoms with E-state index >= 15 is 0 Å². The quantitative estimate of drug-likeness (QED) is 0.905. The minimum Gasteiger partial charge on any atom is -0.311 e. The van der Waals surface area contributed by atoms with Crippen molar-refractivity contribution in [3.05, 3.63) is 34.1 Å². The third-order valence-corrected chi connectivity index (χ3v) is 4.11. The summed E-state index contributed by atoms with van der Waals surface area (Å²) in [6, 6.07) is 4.85. The third-order valence-electron chi connectivity index (χ3n) is 2.32. The Kier molecular flexibility index (Phi) is 5.58. The molecule has 0 bridgehead atoms. The lowest BCUT2D eigenvalue weighted by Gasteiger charge is -2.10. The number of hydrogen-bond acceptors (Lipinski definition) is 2. The number of nitrogens with one attached hydrogen (secondary N) is 1. The van der Waals surface area contributed by atoms with Gasteiger partial charge in [0.1, 0.15) is 5.82 Å². The normalized spacial score (nSPS) is 14.8. The molecule has 1 aromatic carbocycles. The van der Waals surface area contributed by atoms with Crippen molar-refractivity contribution in [3.8, 4) is 0 Å². The van der Waals surface area contributed by atoms with E-state index in [1.54, 1.807) is 18.4 Å². The van der Waals surface area contributed by atoms with E-state index in [4.69, 9.17) is 0 Å². The molecule has 1 N–H and O–H groups in total. The fraction of sp³-hybridized carbons (Fsp3) is 0.455. The molecular formula is C11H15BrFNOS. The molecule has 0 spiro atoms. The molecule has 0 aliphatic rings. The van der Waals surface area contributed by atoms with E-state index in [0.29, 0.717) is 18.7 Å². The topological polar surface area (TPSA) is 29.1 Å². The molecule has 16 heavy (non-hydrogen) atoms. The second kappa shape index (κ2) is 6.47. The number of halogens is 2. The molecule has 0 saturated carbocycles. The van der Waals surface area contributed by atoms with Gasteiger partial charge in [0, 0.05) is 45.4 Å². The summed E-state index contributed by atoms with van der Waals surface area (Å²) in [5.41, 5.74) is 0.614. The van der Waals surface area contributed by atoms with Crippen LogP contribution in [0.15, 0.2) is 22.7 Å². The molecule has 0 heterocycles. The van der Waals surface area contributed by atoms with Crippen LogP contribution in [0.3, 0.4) is 0 Å². The van der Waals surface area contributed by atoms with Crippen LogP contribution in [-0.2, 0) is 17.3 Å². The standard InChI is InChI=1S/C11H15BrFNOS/c1-8(16(2)15)6-14-7-9-5-10(12)3-4-11(9)13/h3-5,8,14H,6-7H2,1-2H3. The van der Waals surface area contributed by atoms with Gasteiger partial charge in [0.25, 0.3) is 0 Å². The largest absolute Gasteiger partial charge is 0.311 e. The lowest BCUT2D eigenvalue weighted by Crippen LogP contribution is -2.27. The molecule has 0 aliphatic carbocycles. The molecule has 0 saturated heterocycles. The van der Waals surface area contributed by atoms with Crippen molar-refractivity contribution in [2.45, 2.75) is 18.7 Å². The van der Waals surface area contributed by atoms with Gasteiger partial charge in [-0.25, -0.2) is 4.39 Å². The molecule has 0 radical (unpaired) electrons. The maximum Gasteiger partial charge on any atom is 0.127 e. The van der Waals surface area contributed by atoms with Crippen molar-refractivity contribution in [2.75, 3.05) is 12.8 Å². The summed E-state index contributed by atoms with van der Waals surface area (Å²) in [4.78, 5) is 0. The van der Waals surface area contributed by atoms with Crippen molar-refractivity contribution >= 4 is 26.7 Å². The van der Waals surface area contributed by atoms with Gasteiger partial charge in [-0.3, -0.25) is 4.21 Å². The van der Waals surface area contributed by atoms with Crippen LogP contribution in [0.4, 0.5) is 4.39 Å². The number of hydrogen-bond donors (Lipinski definition) is 1. The molecule has 5 heteroatoms. The molecule has 2 atom stereocenters. The second-order valence-corrected chi connectivity index (χ2v) is 6.39. The van der Waals surface area contributed by atoms with Gasteiger partial charge >= 0.3 is 0 Å². The van der Waals surface area contributed by atoms with Gasteiger partial charge in [-0.2, -0.15) is 0 Å². The average molecular weight is 308 g/mol. The Hall–Kier alpha value is -0.260. The minimum atomic E-state index is -0.843. The van der Waals surface area contributed by atoms with Gasteiger partial charge in [0.15, 0.2) is 0 Å². The van der Waals surface area contributed by atoms with E-state index in [1.165, 1.54) is 6.07 Å². The molecule has 1 rings (SSSR count). The highest BCUT2D eigenvalue weighted by Gasteiger charge is 2.06. The SMILES string of the molecule is CC(CNCc1cc(Br)ccc1F)S(C)=O. The maximum atomic E-state index is 13.3. The van der Waals surface area contributed by atoms with Crippen LogP contribution in [0, 0.1) is 5.82 Å². The van der Waals surface area contributed by atoms with Crippen molar-refractivity contribution in [2.24, 2.45) is 0 Å². The molecule has 0 aliphatic heterocycles. The molecular weight excluding hydrogens is 293 g/mol. The van der Waals surface area contributed by atoms with Gasteiger partial charge in [0.2, 0.25) is 0 Å². The Morgan fingerprint density at radius 2 is 2.25 bits per heavy atom. The zero-order valence-electron chi connectivity index (χ0n) is 9.30. The Morgan fingerprint density at radius 3 is 2.88 bits per heavy atom. The molecule has 0 amide bonds. The lowest BCUT2D eigenvalue weighted by molar-refractivity contribution is 0.585. The van der Waals surface area contributed by atoms with Crippen LogP contribution in [0.2, 0.25) is 0 Å². The molecule has 2 nitrogen and oxygen atoms in total. The van der Waals surface area contributed by atoms with Gasteiger partial charge < -0.3 is 5.32 Å². The van der Waals surface area contributed by atoms with Crippen LogP contribution >= 0.6 is 15.9 Å². The Morgan fingerprint density at radius 1 is 1.56 bits per heavy atom. The molecule has 90 valence electrons. The predicted molar refractivity (Wildman–Crippen MR) is 69.3 cm³/mol. The monoisotopic (exact) mass is 307 g/mol. The van der Waals surface area contributed by atoms with E-state index in [2.05, 4.69) is 21.2 Å². The first-order valence-electron chi connectivity index (χ1n) is 4.97. The van der Waals surface area contributed by atoms with E-state index in [-0.39, 0.29) is 11.1 Å². The molecule has 0 aromatic heterocycles. The summed E-state index contributed by atoms with van der Waals surface area (Å²) < 4.78 is 25.3. The summed E-state index contributed by atoms with van der Waals surface area (Å²) in [5, 5.41) is 3.18. The smallest absolute Gasteiger partial charge is 0.127 e. The highest BCUT2D eigenvalue weighted by Crippen LogP contribution is 2.15. The summed E-state index contributed by atoms with van der Waals surface area (Å²) in [7, 11) is -0.843. The van der Waals surface area contributed by atoms with E-state index in [9.17, 15) is 8.60 Å². The Balaban J connectivity index is 2.48. The predicted octanol–water partition coefficient (Wildman–Crippen LogP) is 2.44. The van der Waals surface area contributed by atoms with Crippen LogP contribution in [0.5, 0.6) is 0 Å². The zero-order chi connectivity index (χ0) is 12.1. The highest BCUT2D eigenvalue weighted by atomic mass is 79.9. The van der Waals surface area contributed by atoms with Crippen molar-refractivity contribution in [1.29, 1.82) is 0 Å². The number of rotatable bonds is 5. The third kappa shape index (κ3) is 4.31. The maximum absolute atomic E-state index is 13.3. The molecule has 1 aromatic rings. The summed E-state index contributed by atoms with van der Waals surface area (Å²) in [6.07, 6.45) is 1.67. The minimum absolute atomic E-state index is 0.0789. The first-order valence-corrected chi connectivity index (χ1v) is 7.39. The molecule has 0 fully saturated rings. The van der Waals surface area contributed by atoms with Crippen LogP contribution < -0.4 is 5.32 Å². The average Bonchev–Trinajstić information content (AvgIpc) is 2.22. The second-order valence-electron chi connectivity index (χ2n) is 3.68. The lowest BCUT2D eigenvalue weighted by atomic mass is 10.2. The van der Waals surface area contributed by atoms with Crippen molar-refractivity contribution in [1.82, 2.24) is 5.32 Å². The first kappa shape index (κ1) is 13.8. The van der Waals surface area contributed by atoms with Gasteiger partial charge in [-0.1, -0.05) is 15.9 Å². The van der Waals surface area contributed by atoms with Crippen molar-refractivity contribution in [3.63, 3.8) is 0 Å². The van der Waals surface area contributed by atoms with E-state index in [1.807, 2.05) is 6.92 Å². The van der Waals surface area contributed by atoms with Crippen LogP contribution in [-0.4, -0.2) is 22.3 Å².